The molecule has 6 nitrogen and oxygen atoms in total. The third-order valence-electron chi connectivity index (χ3n) is 5.18. The molecule has 0 aromatic carbocycles. The van der Waals surface area contributed by atoms with Crippen molar-refractivity contribution in [2.75, 3.05) is 32.8 Å². The summed E-state index contributed by atoms with van der Waals surface area (Å²) in [5, 5.41) is 3.20. The van der Waals surface area contributed by atoms with Gasteiger partial charge >= 0.3 is 0 Å². The van der Waals surface area contributed by atoms with Crippen LogP contribution in [0.5, 0.6) is 0 Å². The molecule has 1 N–H and O–H groups in total. The Balaban J connectivity index is 1.42. The summed E-state index contributed by atoms with van der Waals surface area (Å²) in [5.74, 6) is 0.0519. The molecule has 2 fully saturated rings. The number of amides is 1. The van der Waals surface area contributed by atoms with Gasteiger partial charge in [0, 0.05) is 57.2 Å². The maximum absolute atomic E-state index is 12.5. The van der Waals surface area contributed by atoms with Gasteiger partial charge in [0.25, 0.3) is 5.91 Å². The van der Waals surface area contributed by atoms with Crippen LogP contribution in [0.2, 0.25) is 0 Å². The van der Waals surface area contributed by atoms with Crippen LogP contribution < -0.4 is 5.32 Å². The molecular formula is C19H30N4O2. The lowest BCUT2D eigenvalue weighted by Crippen LogP contribution is -2.54. The summed E-state index contributed by atoms with van der Waals surface area (Å²) in [6.07, 6.45) is 5.39. The predicted molar refractivity (Wildman–Crippen MR) is 97.1 cm³/mol. The molecule has 2 aliphatic rings. The number of nitrogens with zero attached hydrogens (tertiary/aromatic N) is 3. The number of piperidine rings is 1. The van der Waals surface area contributed by atoms with Crippen LogP contribution in [0.25, 0.3) is 0 Å². The van der Waals surface area contributed by atoms with Gasteiger partial charge in [0.15, 0.2) is 0 Å². The van der Waals surface area contributed by atoms with Crippen LogP contribution in [-0.2, 0) is 16.1 Å². The number of pyridine rings is 1. The molecular weight excluding hydrogens is 316 g/mol. The first-order chi connectivity index (χ1) is 12.1. The number of aromatic nitrogens is 1. The summed E-state index contributed by atoms with van der Waals surface area (Å²) < 4.78 is 5.69. The van der Waals surface area contributed by atoms with E-state index in [-0.39, 0.29) is 18.1 Å². The maximum Gasteiger partial charge on any atom is 0.250 e. The average Bonchev–Trinajstić information content (AvgIpc) is 2.64. The first-order valence-electron chi connectivity index (χ1n) is 9.39. The highest BCUT2D eigenvalue weighted by atomic mass is 16.5. The summed E-state index contributed by atoms with van der Waals surface area (Å²) >= 11 is 0. The third kappa shape index (κ3) is 5.23. The highest BCUT2D eigenvalue weighted by Gasteiger charge is 2.30. The third-order valence-corrected chi connectivity index (χ3v) is 5.18. The Hall–Kier alpha value is -1.50. The first-order valence-corrected chi connectivity index (χ1v) is 9.39. The number of likely N-dealkylation sites (tertiary alicyclic amines) is 1. The van der Waals surface area contributed by atoms with E-state index in [0.717, 1.165) is 39.0 Å². The number of hydrogen-bond acceptors (Lipinski definition) is 5. The Morgan fingerprint density at radius 3 is 2.84 bits per heavy atom. The molecule has 2 saturated heterocycles. The smallest absolute Gasteiger partial charge is 0.250 e. The van der Waals surface area contributed by atoms with Crippen molar-refractivity contribution >= 4 is 5.91 Å². The molecule has 0 saturated carbocycles. The largest absolute Gasteiger partial charge is 0.366 e. The molecule has 0 spiro atoms. The Morgan fingerprint density at radius 1 is 1.36 bits per heavy atom. The first kappa shape index (κ1) is 18.3. The van der Waals surface area contributed by atoms with Gasteiger partial charge in [0.1, 0.15) is 6.10 Å². The van der Waals surface area contributed by atoms with Gasteiger partial charge < -0.3 is 10.1 Å². The molecule has 0 aliphatic carbocycles. The van der Waals surface area contributed by atoms with Crippen molar-refractivity contribution in [3.05, 3.63) is 30.1 Å². The van der Waals surface area contributed by atoms with Crippen LogP contribution in [0.15, 0.2) is 24.5 Å². The van der Waals surface area contributed by atoms with E-state index in [2.05, 4.69) is 40.0 Å². The summed E-state index contributed by atoms with van der Waals surface area (Å²) in [4.78, 5) is 21.4. The standard InChI is InChI=1S/C19H30N4O2/c1-15(2)23-10-11-25-18(14-23)19(24)21-17-5-8-22(9-6-17)13-16-4-3-7-20-12-16/h3-4,7,12,15,17-18H,5-6,8-11,13-14H2,1-2H3,(H,21,24)/t18-/m1/s1. The van der Waals surface area contributed by atoms with Gasteiger partial charge in [0.2, 0.25) is 0 Å². The minimum Gasteiger partial charge on any atom is -0.366 e. The van der Waals surface area contributed by atoms with Gasteiger partial charge in [0.05, 0.1) is 6.61 Å². The quantitative estimate of drug-likeness (QED) is 0.870. The minimum absolute atomic E-state index is 0.0519. The van der Waals surface area contributed by atoms with Crippen molar-refractivity contribution in [1.29, 1.82) is 0 Å². The SMILES string of the molecule is CC(C)N1CCO[C@@H](C(=O)NC2CCN(Cc3cccnc3)CC2)C1. The summed E-state index contributed by atoms with van der Waals surface area (Å²) in [7, 11) is 0. The Bertz CT molecular complexity index is 544. The Kier molecular flexibility index (Phi) is 6.39. The van der Waals surface area contributed by atoms with Crippen molar-refractivity contribution in [2.45, 2.75) is 51.4 Å². The fourth-order valence-corrected chi connectivity index (χ4v) is 3.58. The number of morpholine rings is 1. The van der Waals surface area contributed by atoms with Crippen LogP contribution in [0.3, 0.4) is 0 Å². The molecule has 0 radical (unpaired) electrons. The number of hydrogen-bond donors (Lipinski definition) is 1. The predicted octanol–water partition coefficient (Wildman–Crippen LogP) is 1.27. The van der Waals surface area contributed by atoms with E-state index in [1.165, 1.54) is 5.56 Å². The van der Waals surface area contributed by atoms with Gasteiger partial charge in [-0.15, -0.1) is 0 Å². The van der Waals surface area contributed by atoms with Gasteiger partial charge in [-0.05, 0) is 38.3 Å². The lowest BCUT2D eigenvalue weighted by molar-refractivity contribution is -0.140. The Labute approximate surface area is 150 Å². The minimum atomic E-state index is -0.329. The van der Waals surface area contributed by atoms with E-state index in [1.54, 1.807) is 6.20 Å². The fourth-order valence-electron chi connectivity index (χ4n) is 3.58. The molecule has 3 rings (SSSR count). The molecule has 3 heterocycles. The number of nitrogens with one attached hydrogen (secondary N) is 1. The van der Waals surface area contributed by atoms with Crippen molar-refractivity contribution in [3.8, 4) is 0 Å². The zero-order valence-corrected chi connectivity index (χ0v) is 15.4. The zero-order chi connectivity index (χ0) is 17.6. The zero-order valence-electron chi connectivity index (χ0n) is 15.4. The van der Waals surface area contributed by atoms with Gasteiger partial charge in [-0.2, -0.15) is 0 Å². The van der Waals surface area contributed by atoms with Gasteiger partial charge in [-0.3, -0.25) is 19.6 Å². The lowest BCUT2D eigenvalue weighted by Gasteiger charge is -2.36. The topological polar surface area (TPSA) is 57.7 Å². The Morgan fingerprint density at radius 2 is 2.16 bits per heavy atom. The number of carbonyl (C=O) groups excluding carboxylic acids is 1. The molecule has 0 unspecified atom stereocenters. The number of carbonyl (C=O) groups is 1. The molecule has 1 atom stereocenters. The molecule has 1 amide bonds. The molecule has 138 valence electrons. The van der Waals surface area contributed by atoms with Crippen molar-refractivity contribution in [3.63, 3.8) is 0 Å². The van der Waals surface area contributed by atoms with E-state index in [1.807, 2.05) is 12.3 Å². The summed E-state index contributed by atoms with van der Waals surface area (Å²) in [6, 6.07) is 4.81. The highest BCUT2D eigenvalue weighted by Crippen LogP contribution is 2.15. The van der Waals surface area contributed by atoms with Crippen LogP contribution >= 0.6 is 0 Å². The van der Waals surface area contributed by atoms with Crippen LogP contribution in [0.1, 0.15) is 32.3 Å². The molecule has 2 aliphatic heterocycles. The van der Waals surface area contributed by atoms with E-state index in [9.17, 15) is 4.79 Å². The van der Waals surface area contributed by atoms with Gasteiger partial charge in [-0.25, -0.2) is 0 Å². The second kappa shape index (κ2) is 8.74. The van der Waals surface area contributed by atoms with E-state index in [4.69, 9.17) is 4.74 Å². The van der Waals surface area contributed by atoms with Gasteiger partial charge in [-0.1, -0.05) is 6.07 Å². The van der Waals surface area contributed by atoms with Crippen molar-refractivity contribution in [1.82, 2.24) is 20.1 Å². The van der Waals surface area contributed by atoms with Crippen molar-refractivity contribution in [2.24, 2.45) is 0 Å². The molecule has 1 aromatic heterocycles. The van der Waals surface area contributed by atoms with Crippen molar-refractivity contribution < 1.29 is 9.53 Å². The molecule has 6 heteroatoms. The molecule has 1 aromatic rings. The van der Waals surface area contributed by atoms with Crippen LogP contribution in [0, 0.1) is 0 Å². The van der Waals surface area contributed by atoms with E-state index in [0.29, 0.717) is 19.2 Å². The van der Waals surface area contributed by atoms with Crippen LogP contribution in [0.4, 0.5) is 0 Å². The summed E-state index contributed by atoms with van der Waals surface area (Å²) in [5.41, 5.74) is 1.24. The number of rotatable bonds is 5. The number of ether oxygens (including phenoxy) is 1. The van der Waals surface area contributed by atoms with E-state index >= 15 is 0 Å². The second-order valence-corrected chi connectivity index (χ2v) is 7.37. The highest BCUT2D eigenvalue weighted by molar-refractivity contribution is 5.81. The fraction of sp³-hybridized carbons (Fsp3) is 0.684. The monoisotopic (exact) mass is 346 g/mol. The van der Waals surface area contributed by atoms with Crippen LogP contribution in [-0.4, -0.2) is 71.7 Å². The summed E-state index contributed by atoms with van der Waals surface area (Å²) in [6.45, 7) is 9.52. The lowest BCUT2D eigenvalue weighted by atomic mass is 10.0. The maximum atomic E-state index is 12.5. The molecule has 0 bridgehead atoms. The van der Waals surface area contributed by atoms with E-state index < -0.39 is 0 Å². The second-order valence-electron chi connectivity index (χ2n) is 7.37. The average molecular weight is 346 g/mol. The molecule has 25 heavy (non-hydrogen) atoms. The normalized spacial score (nSPS) is 23.7.